The van der Waals surface area contributed by atoms with Crippen molar-refractivity contribution >= 4 is 36.7 Å². The molecule has 12 N–H and O–H groups in total. The highest BCUT2D eigenvalue weighted by Gasteiger charge is 2.71. The summed E-state index contributed by atoms with van der Waals surface area (Å²) in [5.74, 6) is -5.39. The number of rotatable bonds is 18. The lowest BCUT2D eigenvalue weighted by Gasteiger charge is -2.71. The van der Waals surface area contributed by atoms with Crippen molar-refractivity contribution in [3.8, 4) is 0 Å². The molecule has 4 saturated carbocycles. The molecular formula is C71H102O30. The smallest absolute Gasteiger partial charge is 0.331 e. The van der Waals surface area contributed by atoms with Gasteiger partial charge in [0.25, 0.3) is 6.47 Å². The number of aliphatic hydroxyl groups is 12. The van der Waals surface area contributed by atoms with Crippen LogP contribution in [0.15, 0.2) is 42.5 Å². The summed E-state index contributed by atoms with van der Waals surface area (Å²) in [6, 6.07) is 7.33. The van der Waals surface area contributed by atoms with Gasteiger partial charge in [-0.3, -0.25) is 14.4 Å². The summed E-state index contributed by atoms with van der Waals surface area (Å²) in [6.07, 6.45) is -33.1. The van der Waals surface area contributed by atoms with E-state index in [0.29, 0.717) is 31.2 Å². The second-order valence-corrected chi connectivity index (χ2v) is 31.6. The molecule has 26 unspecified atom stereocenters. The molecule has 30 nitrogen and oxygen atoms in total. The number of carbonyl (C=O) groups excluding carboxylic acids is 5. The van der Waals surface area contributed by atoms with E-state index in [1.165, 1.54) is 26.0 Å². The molecule has 10 aliphatic rings. The zero-order valence-electron chi connectivity index (χ0n) is 58.3. The molecule has 1 aromatic carbocycles. The Labute approximate surface area is 585 Å². The van der Waals surface area contributed by atoms with Crippen molar-refractivity contribution in [3.63, 3.8) is 0 Å². The fourth-order valence-corrected chi connectivity index (χ4v) is 19.2. The van der Waals surface area contributed by atoms with Crippen LogP contribution in [0.3, 0.4) is 0 Å². The van der Waals surface area contributed by atoms with Crippen LogP contribution in [0.25, 0.3) is 6.08 Å². The van der Waals surface area contributed by atoms with Crippen molar-refractivity contribution in [1.29, 1.82) is 0 Å². The maximum atomic E-state index is 15.5. The number of carbonyl (C=O) groups is 5. The topological polar surface area (TPSA) is 448 Å². The highest BCUT2D eigenvalue weighted by Crippen LogP contribution is 2.75. The molecule has 101 heavy (non-hydrogen) atoms. The zero-order chi connectivity index (χ0) is 73.5. The molecule has 36 atom stereocenters. The van der Waals surface area contributed by atoms with Gasteiger partial charge in [-0.1, -0.05) is 83.5 Å². The Morgan fingerprint density at radius 1 is 0.584 bits per heavy atom. The van der Waals surface area contributed by atoms with E-state index in [2.05, 4.69) is 32.9 Å². The summed E-state index contributed by atoms with van der Waals surface area (Å²) < 4.78 is 78.7. The monoisotopic (exact) mass is 1430 g/mol. The third-order valence-corrected chi connectivity index (χ3v) is 24.7. The normalized spacial score (nSPS) is 49.5. The third kappa shape index (κ3) is 14.4. The Kier molecular flexibility index (Phi) is 23.0. The van der Waals surface area contributed by atoms with E-state index in [9.17, 15) is 80.5 Å². The number of aldehydes is 1. The second kappa shape index (κ2) is 30.0. The highest BCUT2D eigenvalue weighted by atomic mass is 16.8. The summed E-state index contributed by atoms with van der Waals surface area (Å²) >= 11 is 0. The van der Waals surface area contributed by atoms with E-state index in [1.54, 1.807) is 19.1 Å². The van der Waals surface area contributed by atoms with Gasteiger partial charge in [0.05, 0.1) is 49.0 Å². The van der Waals surface area contributed by atoms with Crippen molar-refractivity contribution < 1.29 is 147 Å². The van der Waals surface area contributed by atoms with Gasteiger partial charge in [0.1, 0.15) is 85.6 Å². The number of allylic oxidation sites excluding steroid dienone is 2. The number of esters is 3. The van der Waals surface area contributed by atoms with Crippen LogP contribution in [0.5, 0.6) is 0 Å². The average molecular weight is 1440 g/mol. The van der Waals surface area contributed by atoms with E-state index in [-0.39, 0.29) is 43.5 Å². The molecule has 0 spiro atoms. The average Bonchev–Trinajstić information content (AvgIpc) is 0.676. The Morgan fingerprint density at radius 2 is 1.22 bits per heavy atom. The Morgan fingerprint density at radius 3 is 1.87 bits per heavy atom. The van der Waals surface area contributed by atoms with Crippen LogP contribution in [0.1, 0.15) is 118 Å². The number of ether oxygens (including phenoxy) is 13. The van der Waals surface area contributed by atoms with Gasteiger partial charge in [0.15, 0.2) is 43.5 Å². The number of hydrogen-bond acceptors (Lipinski definition) is 30. The summed E-state index contributed by atoms with van der Waals surface area (Å²) in [7, 11) is 0. The van der Waals surface area contributed by atoms with Crippen molar-refractivity contribution in [2.75, 3.05) is 13.2 Å². The molecule has 0 aromatic heterocycles. The second-order valence-electron chi connectivity index (χ2n) is 31.6. The molecule has 5 heterocycles. The van der Waals surface area contributed by atoms with Crippen LogP contribution in [-0.2, 0) is 85.6 Å². The van der Waals surface area contributed by atoms with Gasteiger partial charge >= 0.3 is 17.9 Å². The largest absolute Gasteiger partial charge is 0.455 e. The first-order valence-electron chi connectivity index (χ1n) is 35.1. The van der Waals surface area contributed by atoms with Crippen molar-refractivity contribution in [2.45, 2.75) is 274 Å². The lowest BCUT2D eigenvalue weighted by atomic mass is 9.33. The van der Waals surface area contributed by atoms with Crippen LogP contribution in [0, 0.1) is 69.5 Å². The van der Waals surface area contributed by atoms with Gasteiger partial charge in [-0.15, -0.1) is 0 Å². The predicted octanol–water partition coefficient (Wildman–Crippen LogP) is -0.373. The van der Waals surface area contributed by atoms with Crippen LogP contribution in [0.2, 0.25) is 0 Å². The number of fused-ring (bicyclic) bond motifs is 7. The van der Waals surface area contributed by atoms with E-state index in [1.807, 2.05) is 32.9 Å². The molecule has 0 bridgehead atoms. The summed E-state index contributed by atoms with van der Waals surface area (Å²) in [6.45, 7) is 16.9. The maximum absolute atomic E-state index is 15.5. The van der Waals surface area contributed by atoms with E-state index >= 15 is 4.79 Å². The quantitative estimate of drug-likeness (QED) is 0.0223. The van der Waals surface area contributed by atoms with E-state index in [0.717, 1.165) is 18.8 Å². The Balaban J connectivity index is 0.862. The lowest BCUT2D eigenvalue weighted by Crippen LogP contribution is -2.69. The highest BCUT2D eigenvalue weighted by molar-refractivity contribution is 5.87. The number of aliphatic hydroxyl groups excluding tert-OH is 12. The van der Waals surface area contributed by atoms with Gasteiger partial charge in [0.2, 0.25) is 12.6 Å². The fourth-order valence-electron chi connectivity index (χ4n) is 19.2. The van der Waals surface area contributed by atoms with Crippen molar-refractivity contribution in [1.82, 2.24) is 0 Å². The number of hydrogen-bond donors (Lipinski definition) is 12. The van der Waals surface area contributed by atoms with Crippen LogP contribution in [-0.4, -0.2) is 265 Å². The van der Waals surface area contributed by atoms with Crippen molar-refractivity contribution in [2.24, 2.45) is 62.6 Å². The minimum Gasteiger partial charge on any atom is -0.455 e. The Bertz CT molecular complexity index is 3150. The van der Waals surface area contributed by atoms with Crippen LogP contribution >= 0.6 is 0 Å². The number of aryl methyl sites for hydroxylation is 1. The summed E-state index contributed by atoms with van der Waals surface area (Å²) in [5.41, 5.74) is -2.12. The van der Waals surface area contributed by atoms with Crippen LogP contribution in [0.4, 0.5) is 0 Å². The molecule has 0 amide bonds. The molecular weight excluding hydrogens is 1330 g/mol. The molecule has 5 aliphatic carbocycles. The van der Waals surface area contributed by atoms with Crippen molar-refractivity contribution in [3.05, 3.63) is 53.6 Å². The predicted molar refractivity (Wildman–Crippen MR) is 342 cm³/mol. The molecule has 9 fully saturated rings. The number of benzene rings is 1. The van der Waals surface area contributed by atoms with Gasteiger partial charge < -0.3 is 128 Å². The van der Waals surface area contributed by atoms with E-state index in [4.69, 9.17) is 61.6 Å². The lowest BCUT2D eigenvalue weighted by molar-refractivity contribution is -0.410. The third-order valence-electron chi connectivity index (χ3n) is 24.7. The van der Waals surface area contributed by atoms with Crippen LogP contribution < -0.4 is 0 Å². The first kappa shape index (κ1) is 77.5. The molecule has 566 valence electrons. The summed E-state index contributed by atoms with van der Waals surface area (Å²) in [4.78, 5) is 68.4. The molecule has 1 aromatic rings. The first-order valence-corrected chi connectivity index (χ1v) is 35.1. The summed E-state index contributed by atoms with van der Waals surface area (Å²) in [5, 5.41) is 132. The minimum absolute atomic E-state index is 0.0249. The van der Waals surface area contributed by atoms with Gasteiger partial charge in [-0.05, 0) is 123 Å². The minimum atomic E-state index is -2.03. The first-order chi connectivity index (χ1) is 47.5. The fraction of sp³-hybridized carbons (Fsp3) is 0.789. The zero-order valence-corrected chi connectivity index (χ0v) is 58.3. The SMILES string of the molecule is CC(=O)OC1C(OC(=O)/C=C/c2ccc(C)cc2)C(C)OC(OC(=O)[C@@H]2CC(C)(C)C[C@@H]3C2[C@H](O)C[C@]2(C)C3C=C[C@@H]3[C@@]4(C)CC[C@H](OC5OC(OC=O)C(O)C(OC6OCC(O)C(O)C6O)C5OC5OC(CO)C(O)C(O)C5O)[C@@](C)(C=O)[C@@H]4CC[C@]32C)C1OC1OC(C)C(O)C(O)C1O. The van der Waals surface area contributed by atoms with Gasteiger partial charge in [-0.2, -0.15) is 0 Å². The molecule has 30 heteroatoms. The van der Waals surface area contributed by atoms with Gasteiger partial charge in [-0.25, -0.2) is 4.79 Å². The molecule has 5 saturated heterocycles. The Hall–Kier alpha value is -4.59. The molecule has 11 rings (SSSR count). The standard InChI is InChI=1S/C71H102O30/c1-30-11-13-34(14-12-30)15-18-44(78)96-55-32(3)92-65(59(57(55)93-33(4)75)99-63-52(85)49(82)46(79)31(2)91-63)100-60(88)36-24-67(5,6)23-35-37-16-17-42-68(7)21-20-43(69(8,28-73)41(68)19-22-70(42,9)71(37,10)25-38(76)45(35)36)95-66-58(98-64-53(86)50(83)48(81)40(26-72)94-64)56(54(87)62(101-66)90-29-74)97-61-51(84)47(80)39(77)27-89-61/h11-18,28-29,31-32,35-43,45-59,61-66,72,76-77,79-87H,19-27H2,1-10H3/b18-15+/t31?,32?,35-,36+,37?,38+,39?,40?,41+,42+,43-,45?,46?,47?,48?,49?,50?,51?,52?,53?,54?,55?,56?,57?,58?,59?,61?,62?,63?,64?,65?,66?,68-,69-,70+,71+/m0/s1. The molecule has 0 radical (unpaired) electrons. The van der Waals surface area contributed by atoms with Gasteiger partial charge in [0, 0.05) is 18.9 Å². The molecule has 5 aliphatic heterocycles. The van der Waals surface area contributed by atoms with E-state index < -0.39 is 236 Å². The maximum Gasteiger partial charge on any atom is 0.331 e.